The molecule has 0 bridgehead atoms. The van der Waals surface area contributed by atoms with Crippen molar-refractivity contribution in [2.24, 2.45) is 5.11 Å². The SMILES string of the molecule is COC(=O)/C(=C/c1ccc(Cl)cc1Cc1ccccc1Cl)N=[N+]=[N-]. The van der Waals surface area contributed by atoms with E-state index in [1.54, 1.807) is 24.3 Å². The van der Waals surface area contributed by atoms with Crippen LogP contribution in [0.3, 0.4) is 0 Å². The summed E-state index contributed by atoms with van der Waals surface area (Å²) in [4.78, 5) is 14.3. The minimum Gasteiger partial charge on any atom is -0.466 e. The van der Waals surface area contributed by atoms with E-state index in [4.69, 9.17) is 28.7 Å². The van der Waals surface area contributed by atoms with E-state index in [-0.39, 0.29) is 5.70 Å². The minimum absolute atomic E-state index is 0.136. The van der Waals surface area contributed by atoms with Crippen LogP contribution in [0, 0.1) is 0 Å². The lowest BCUT2D eigenvalue weighted by Crippen LogP contribution is -2.02. The van der Waals surface area contributed by atoms with Gasteiger partial charge in [0.25, 0.3) is 0 Å². The molecule has 0 saturated heterocycles. The lowest BCUT2D eigenvalue weighted by molar-refractivity contribution is -0.136. The van der Waals surface area contributed by atoms with Gasteiger partial charge in [0.2, 0.25) is 0 Å². The largest absolute Gasteiger partial charge is 0.466 e. The van der Waals surface area contributed by atoms with Crippen molar-refractivity contribution < 1.29 is 9.53 Å². The van der Waals surface area contributed by atoms with Gasteiger partial charge < -0.3 is 4.74 Å². The summed E-state index contributed by atoms with van der Waals surface area (Å²) in [5.41, 5.74) is 10.9. The van der Waals surface area contributed by atoms with Crippen molar-refractivity contribution in [1.82, 2.24) is 0 Å². The highest BCUT2D eigenvalue weighted by Gasteiger charge is 2.11. The molecule has 122 valence electrons. The Morgan fingerprint density at radius 1 is 1.25 bits per heavy atom. The number of rotatable bonds is 5. The summed E-state index contributed by atoms with van der Waals surface area (Å²) in [6, 6.07) is 12.7. The van der Waals surface area contributed by atoms with Crippen LogP contribution < -0.4 is 0 Å². The summed E-state index contributed by atoms with van der Waals surface area (Å²) >= 11 is 12.3. The summed E-state index contributed by atoms with van der Waals surface area (Å²) in [5, 5.41) is 4.57. The smallest absolute Gasteiger partial charge is 0.340 e. The van der Waals surface area contributed by atoms with E-state index < -0.39 is 5.97 Å². The van der Waals surface area contributed by atoms with Gasteiger partial charge in [-0.15, -0.1) is 0 Å². The molecule has 0 fully saturated rings. The molecule has 0 N–H and O–H groups in total. The van der Waals surface area contributed by atoms with Gasteiger partial charge in [-0.1, -0.05) is 52.6 Å². The maximum absolute atomic E-state index is 11.7. The van der Waals surface area contributed by atoms with Gasteiger partial charge >= 0.3 is 5.97 Å². The molecule has 2 rings (SSSR count). The van der Waals surface area contributed by atoms with Crippen molar-refractivity contribution in [3.05, 3.63) is 85.3 Å². The van der Waals surface area contributed by atoms with E-state index in [0.29, 0.717) is 22.0 Å². The van der Waals surface area contributed by atoms with Gasteiger partial charge in [-0.25, -0.2) is 4.79 Å². The second-order valence-electron chi connectivity index (χ2n) is 4.82. The number of carbonyl (C=O) groups is 1. The Morgan fingerprint density at radius 2 is 2.00 bits per heavy atom. The second kappa shape index (κ2) is 8.41. The molecule has 24 heavy (non-hydrogen) atoms. The zero-order chi connectivity index (χ0) is 17.5. The van der Waals surface area contributed by atoms with Crippen LogP contribution in [0.5, 0.6) is 0 Å². The molecular formula is C17H13Cl2N3O2. The second-order valence-corrected chi connectivity index (χ2v) is 5.67. The summed E-state index contributed by atoms with van der Waals surface area (Å²) < 4.78 is 4.62. The van der Waals surface area contributed by atoms with Gasteiger partial charge in [-0.3, -0.25) is 0 Å². The molecule has 0 spiro atoms. The number of methoxy groups -OCH3 is 1. The average molecular weight is 362 g/mol. The van der Waals surface area contributed by atoms with Crippen molar-refractivity contribution in [3.63, 3.8) is 0 Å². The van der Waals surface area contributed by atoms with Crippen LogP contribution in [0.2, 0.25) is 10.0 Å². The van der Waals surface area contributed by atoms with Crippen molar-refractivity contribution in [3.8, 4) is 0 Å². The Morgan fingerprint density at radius 3 is 2.67 bits per heavy atom. The topological polar surface area (TPSA) is 75.1 Å². The molecule has 2 aromatic rings. The third kappa shape index (κ3) is 4.52. The molecule has 0 heterocycles. The third-order valence-corrected chi connectivity index (χ3v) is 3.89. The van der Waals surface area contributed by atoms with Gasteiger partial charge in [0, 0.05) is 15.0 Å². The molecule has 0 aliphatic heterocycles. The van der Waals surface area contributed by atoms with Crippen molar-refractivity contribution in [2.75, 3.05) is 7.11 Å². The fourth-order valence-corrected chi connectivity index (χ4v) is 2.54. The zero-order valence-electron chi connectivity index (χ0n) is 12.7. The maximum atomic E-state index is 11.7. The molecule has 0 saturated carbocycles. The standard InChI is InChI=1S/C17H13Cl2N3O2/c1-24-17(23)16(21-22-20)10-11-6-7-14(18)9-13(11)8-12-4-2-3-5-15(12)19/h2-7,9-10H,8H2,1H3/b16-10-. The number of esters is 1. The quantitative estimate of drug-likeness (QED) is 0.234. The molecule has 5 nitrogen and oxygen atoms in total. The number of azide groups is 1. The first-order valence-corrected chi connectivity index (χ1v) is 7.67. The first-order chi connectivity index (χ1) is 11.5. The van der Waals surface area contributed by atoms with Gasteiger partial charge in [0.1, 0.15) is 5.70 Å². The average Bonchev–Trinajstić information content (AvgIpc) is 2.58. The highest BCUT2D eigenvalue weighted by atomic mass is 35.5. The molecule has 7 heteroatoms. The minimum atomic E-state index is -0.716. The number of halogens is 2. The van der Waals surface area contributed by atoms with Gasteiger partial charge in [-0.2, -0.15) is 0 Å². The van der Waals surface area contributed by atoms with E-state index in [2.05, 4.69) is 14.8 Å². The molecule has 0 unspecified atom stereocenters. The van der Waals surface area contributed by atoms with Crippen LogP contribution in [-0.4, -0.2) is 13.1 Å². The number of carbonyl (C=O) groups excluding carboxylic acids is 1. The number of benzene rings is 2. The molecule has 0 aromatic heterocycles. The van der Waals surface area contributed by atoms with Crippen LogP contribution in [0.1, 0.15) is 16.7 Å². The Kier molecular flexibility index (Phi) is 6.27. The number of hydrogen-bond acceptors (Lipinski definition) is 3. The molecule has 0 amide bonds. The monoisotopic (exact) mass is 361 g/mol. The first-order valence-electron chi connectivity index (χ1n) is 6.92. The van der Waals surface area contributed by atoms with E-state index in [9.17, 15) is 4.79 Å². The fourth-order valence-electron chi connectivity index (χ4n) is 2.14. The number of nitrogens with zero attached hydrogens (tertiary/aromatic N) is 3. The molecular weight excluding hydrogens is 349 g/mol. The van der Waals surface area contributed by atoms with Gasteiger partial charge in [-0.05, 0) is 52.9 Å². The van der Waals surface area contributed by atoms with E-state index >= 15 is 0 Å². The summed E-state index contributed by atoms with van der Waals surface area (Å²) in [7, 11) is 1.22. The van der Waals surface area contributed by atoms with Crippen LogP contribution in [0.4, 0.5) is 0 Å². The van der Waals surface area contributed by atoms with Gasteiger partial charge in [0.15, 0.2) is 0 Å². The Labute approximate surface area is 149 Å². The maximum Gasteiger partial charge on any atom is 0.340 e. The summed E-state index contributed by atoms with van der Waals surface area (Å²) in [5.74, 6) is -0.716. The van der Waals surface area contributed by atoms with Gasteiger partial charge in [0.05, 0.1) is 7.11 Å². The number of hydrogen-bond donors (Lipinski definition) is 0. The number of ether oxygens (including phenoxy) is 1. The highest BCUT2D eigenvalue weighted by molar-refractivity contribution is 6.31. The molecule has 0 aliphatic carbocycles. The predicted molar refractivity (Wildman–Crippen MR) is 94.8 cm³/mol. The predicted octanol–water partition coefficient (Wildman–Crippen LogP) is 5.41. The molecule has 0 radical (unpaired) electrons. The van der Waals surface area contributed by atoms with E-state index in [1.807, 2.05) is 18.2 Å². The van der Waals surface area contributed by atoms with Crippen LogP contribution in [0.15, 0.2) is 53.3 Å². The van der Waals surface area contributed by atoms with E-state index in [0.717, 1.165) is 11.1 Å². The molecule has 2 aromatic carbocycles. The van der Waals surface area contributed by atoms with Crippen LogP contribution in [-0.2, 0) is 16.0 Å². The Bertz CT molecular complexity index is 843. The third-order valence-electron chi connectivity index (χ3n) is 3.28. The zero-order valence-corrected chi connectivity index (χ0v) is 14.3. The summed E-state index contributed by atoms with van der Waals surface area (Å²) in [6.07, 6.45) is 1.98. The Hall–Kier alpha value is -2.46. The highest BCUT2D eigenvalue weighted by Crippen LogP contribution is 2.25. The van der Waals surface area contributed by atoms with Crippen LogP contribution in [0.25, 0.3) is 16.5 Å². The normalized spacial score (nSPS) is 10.9. The fraction of sp³-hybridized carbons (Fsp3) is 0.118. The van der Waals surface area contributed by atoms with Crippen molar-refractivity contribution in [2.45, 2.75) is 6.42 Å². The lowest BCUT2D eigenvalue weighted by atomic mass is 9.99. The first kappa shape index (κ1) is 17.9. The Balaban J connectivity index is 2.49. The van der Waals surface area contributed by atoms with E-state index in [1.165, 1.54) is 13.2 Å². The lowest BCUT2D eigenvalue weighted by Gasteiger charge is -2.09. The summed E-state index contributed by atoms with van der Waals surface area (Å²) in [6.45, 7) is 0. The van der Waals surface area contributed by atoms with Crippen molar-refractivity contribution in [1.29, 1.82) is 0 Å². The van der Waals surface area contributed by atoms with Crippen LogP contribution >= 0.6 is 23.2 Å². The van der Waals surface area contributed by atoms with Crippen molar-refractivity contribution >= 4 is 35.2 Å². The molecule has 0 atom stereocenters. The molecule has 0 aliphatic rings.